The van der Waals surface area contributed by atoms with Crippen LogP contribution >= 0.6 is 27.5 Å². The molecule has 1 aliphatic rings. The quantitative estimate of drug-likeness (QED) is 0.540. The van der Waals surface area contributed by atoms with Gasteiger partial charge in [-0.25, -0.2) is 4.39 Å². The van der Waals surface area contributed by atoms with Crippen LogP contribution in [0.15, 0.2) is 71.2 Å². The summed E-state index contributed by atoms with van der Waals surface area (Å²) in [6.07, 6.45) is 0. The van der Waals surface area contributed by atoms with E-state index in [0.29, 0.717) is 21.8 Å². The molecule has 7 heteroatoms. The van der Waals surface area contributed by atoms with Gasteiger partial charge in [0.25, 0.3) is 5.91 Å². The summed E-state index contributed by atoms with van der Waals surface area (Å²) >= 11 is 9.41. The number of halogens is 3. The van der Waals surface area contributed by atoms with Gasteiger partial charge in [-0.05, 0) is 60.2 Å². The molecule has 0 fully saturated rings. The Balaban J connectivity index is 1.88. The molecular weight excluding hydrogens is 459 g/mol. The molecule has 0 bridgehead atoms. The minimum absolute atomic E-state index is 0.143. The van der Waals surface area contributed by atoms with Gasteiger partial charge in [-0.2, -0.15) is 0 Å². The number of benzene rings is 3. The first kappa shape index (κ1) is 19.6. The van der Waals surface area contributed by atoms with Gasteiger partial charge in [0.05, 0.1) is 6.04 Å². The van der Waals surface area contributed by atoms with E-state index in [4.69, 9.17) is 11.6 Å². The molecule has 0 aromatic heterocycles. The maximum atomic E-state index is 13.5. The summed E-state index contributed by atoms with van der Waals surface area (Å²) in [7, 11) is 0. The second kappa shape index (κ2) is 7.97. The van der Waals surface area contributed by atoms with Crippen LogP contribution in [0, 0.1) is 5.82 Å². The second-order valence-corrected chi connectivity index (χ2v) is 8.03. The van der Waals surface area contributed by atoms with Gasteiger partial charge in [-0.3, -0.25) is 9.59 Å². The van der Waals surface area contributed by atoms with Crippen molar-refractivity contribution in [3.8, 4) is 0 Å². The van der Waals surface area contributed by atoms with Crippen molar-refractivity contribution >= 4 is 45.0 Å². The summed E-state index contributed by atoms with van der Waals surface area (Å²) in [4.78, 5) is 27.4. The lowest BCUT2D eigenvalue weighted by Gasteiger charge is -2.30. The Kier molecular flexibility index (Phi) is 5.39. The monoisotopic (exact) mass is 472 g/mol. The lowest BCUT2D eigenvalue weighted by molar-refractivity contribution is -0.117. The van der Waals surface area contributed by atoms with Crippen LogP contribution in [0.5, 0.6) is 0 Å². The molecule has 0 saturated carbocycles. The van der Waals surface area contributed by atoms with E-state index in [0.717, 1.165) is 10.0 Å². The van der Waals surface area contributed by atoms with E-state index < -0.39 is 6.04 Å². The number of nitrogens with one attached hydrogen (secondary N) is 1. The van der Waals surface area contributed by atoms with Crippen LogP contribution in [0.3, 0.4) is 0 Å². The number of carbonyl (C=O) groups excluding carboxylic acids is 2. The zero-order chi connectivity index (χ0) is 20.5. The topological polar surface area (TPSA) is 49.4 Å². The van der Waals surface area contributed by atoms with Gasteiger partial charge < -0.3 is 10.2 Å². The Labute approximate surface area is 180 Å². The number of amides is 2. The highest BCUT2D eigenvalue weighted by atomic mass is 79.9. The molecule has 3 aromatic rings. The average Bonchev–Trinajstić information content (AvgIpc) is 2.84. The normalized spacial score (nSPS) is 16.0. The fraction of sp³-hybridized carbons (Fsp3) is 0.0909. The second-order valence-electron chi connectivity index (χ2n) is 6.67. The maximum Gasteiger partial charge on any atom is 0.255 e. The molecule has 0 spiro atoms. The minimum Gasteiger partial charge on any atom is -0.324 e. The van der Waals surface area contributed by atoms with E-state index in [9.17, 15) is 14.0 Å². The third kappa shape index (κ3) is 4.04. The Hall–Kier alpha value is -2.70. The standard InChI is InChI=1S/C22H15BrClFN2O2/c23-15-5-10-19-18(11-15)21(13-3-8-17(25)9-4-13)27(12-20(28)26-19)22(29)14-1-6-16(24)7-2-14/h1-11,21H,12H2,(H,26,28)/t21-/m1/s1. The number of rotatable bonds is 2. The van der Waals surface area contributed by atoms with Crippen LogP contribution in [0.1, 0.15) is 27.5 Å². The number of fused-ring (bicyclic) bond motifs is 1. The van der Waals surface area contributed by atoms with Gasteiger partial charge in [0.15, 0.2) is 0 Å². The first-order chi connectivity index (χ1) is 13.9. The Morgan fingerprint density at radius 3 is 2.45 bits per heavy atom. The zero-order valence-electron chi connectivity index (χ0n) is 15.0. The molecule has 1 N–H and O–H groups in total. The summed E-state index contributed by atoms with van der Waals surface area (Å²) in [5.74, 6) is -0.999. The summed E-state index contributed by atoms with van der Waals surface area (Å²) in [6.45, 7) is -0.143. The highest BCUT2D eigenvalue weighted by molar-refractivity contribution is 9.10. The number of carbonyl (C=O) groups is 2. The highest BCUT2D eigenvalue weighted by Gasteiger charge is 2.34. The highest BCUT2D eigenvalue weighted by Crippen LogP contribution is 2.38. The summed E-state index contributed by atoms with van der Waals surface area (Å²) < 4.78 is 14.4. The van der Waals surface area contributed by atoms with Gasteiger partial charge in [-0.15, -0.1) is 0 Å². The largest absolute Gasteiger partial charge is 0.324 e. The van der Waals surface area contributed by atoms with E-state index in [1.165, 1.54) is 17.0 Å². The maximum absolute atomic E-state index is 13.5. The van der Waals surface area contributed by atoms with Crippen LogP contribution in [0.4, 0.5) is 10.1 Å². The number of anilines is 1. The van der Waals surface area contributed by atoms with Crippen molar-refractivity contribution in [1.82, 2.24) is 4.90 Å². The SMILES string of the molecule is O=C1CN(C(=O)c2ccc(Cl)cc2)[C@H](c2ccc(F)cc2)c2cc(Br)ccc2N1. The van der Waals surface area contributed by atoms with Crippen molar-refractivity contribution in [3.05, 3.63) is 98.7 Å². The molecule has 1 atom stereocenters. The predicted octanol–water partition coefficient (Wildman–Crippen LogP) is 5.43. The minimum atomic E-state index is -0.578. The van der Waals surface area contributed by atoms with Crippen LogP contribution in [0.25, 0.3) is 0 Å². The molecule has 29 heavy (non-hydrogen) atoms. The molecule has 3 aromatic carbocycles. The van der Waals surface area contributed by atoms with E-state index in [1.807, 2.05) is 12.1 Å². The van der Waals surface area contributed by atoms with Crippen molar-refractivity contribution in [2.24, 2.45) is 0 Å². The molecule has 0 saturated heterocycles. The number of nitrogens with zero attached hydrogens (tertiary/aromatic N) is 1. The van der Waals surface area contributed by atoms with Crippen molar-refractivity contribution in [1.29, 1.82) is 0 Å². The molecule has 0 aliphatic carbocycles. The van der Waals surface area contributed by atoms with Crippen LogP contribution in [-0.2, 0) is 4.79 Å². The van der Waals surface area contributed by atoms with Gasteiger partial charge in [0.2, 0.25) is 5.91 Å². The third-order valence-electron chi connectivity index (χ3n) is 4.75. The first-order valence-corrected chi connectivity index (χ1v) is 10.0. The Bertz CT molecular complexity index is 1090. The molecule has 0 radical (unpaired) electrons. The molecule has 4 nitrogen and oxygen atoms in total. The first-order valence-electron chi connectivity index (χ1n) is 8.83. The predicted molar refractivity (Wildman–Crippen MR) is 114 cm³/mol. The summed E-state index contributed by atoms with van der Waals surface area (Å²) in [6, 6.07) is 17.3. The van der Waals surface area contributed by atoms with E-state index in [-0.39, 0.29) is 24.2 Å². The molecule has 0 unspecified atom stereocenters. The van der Waals surface area contributed by atoms with Crippen molar-refractivity contribution in [2.45, 2.75) is 6.04 Å². The Morgan fingerprint density at radius 1 is 1.07 bits per heavy atom. The van der Waals surface area contributed by atoms with Crippen LogP contribution in [-0.4, -0.2) is 23.3 Å². The van der Waals surface area contributed by atoms with E-state index >= 15 is 0 Å². The van der Waals surface area contributed by atoms with Gasteiger partial charge in [0.1, 0.15) is 12.4 Å². The molecule has 1 heterocycles. The fourth-order valence-electron chi connectivity index (χ4n) is 3.43. The van der Waals surface area contributed by atoms with Gasteiger partial charge in [0, 0.05) is 26.3 Å². The molecule has 146 valence electrons. The Morgan fingerprint density at radius 2 is 1.76 bits per heavy atom. The average molecular weight is 474 g/mol. The van der Waals surface area contributed by atoms with Crippen molar-refractivity contribution < 1.29 is 14.0 Å². The van der Waals surface area contributed by atoms with Gasteiger partial charge >= 0.3 is 0 Å². The molecular formula is C22H15BrClFN2O2. The summed E-state index contributed by atoms with van der Waals surface area (Å²) in [5.41, 5.74) is 2.45. The van der Waals surface area contributed by atoms with Crippen LogP contribution < -0.4 is 5.32 Å². The van der Waals surface area contributed by atoms with Crippen molar-refractivity contribution in [2.75, 3.05) is 11.9 Å². The lowest BCUT2D eigenvalue weighted by Crippen LogP contribution is -2.39. The molecule has 2 amide bonds. The van der Waals surface area contributed by atoms with E-state index in [2.05, 4.69) is 21.2 Å². The smallest absolute Gasteiger partial charge is 0.255 e. The third-order valence-corrected chi connectivity index (χ3v) is 5.49. The zero-order valence-corrected chi connectivity index (χ0v) is 17.4. The summed E-state index contributed by atoms with van der Waals surface area (Å²) in [5, 5.41) is 3.37. The lowest BCUT2D eigenvalue weighted by atomic mass is 9.95. The number of hydrogen-bond acceptors (Lipinski definition) is 2. The van der Waals surface area contributed by atoms with Gasteiger partial charge in [-0.1, -0.05) is 39.7 Å². The van der Waals surface area contributed by atoms with Crippen molar-refractivity contribution in [3.63, 3.8) is 0 Å². The molecule has 4 rings (SSSR count). The number of hydrogen-bond donors (Lipinski definition) is 1. The molecule has 1 aliphatic heterocycles. The van der Waals surface area contributed by atoms with E-state index in [1.54, 1.807) is 42.5 Å². The fourth-order valence-corrected chi connectivity index (χ4v) is 3.93. The van der Waals surface area contributed by atoms with Crippen LogP contribution in [0.2, 0.25) is 5.02 Å².